The molecule has 0 aliphatic heterocycles. The van der Waals surface area contributed by atoms with Crippen molar-refractivity contribution < 1.29 is 4.42 Å². The van der Waals surface area contributed by atoms with E-state index in [1.165, 1.54) is 30.5 Å². The minimum Gasteiger partial charge on any atom is -0.433 e. The van der Waals surface area contributed by atoms with Crippen molar-refractivity contribution in [2.75, 3.05) is 5.75 Å². The molecule has 0 saturated heterocycles. The Bertz CT molecular complexity index is 856. The molecule has 0 amide bonds. The second-order valence-electron chi connectivity index (χ2n) is 6.64. The maximum absolute atomic E-state index is 6.05. The maximum atomic E-state index is 6.05. The van der Waals surface area contributed by atoms with Crippen molar-refractivity contribution in [1.82, 2.24) is 15.0 Å². The summed E-state index contributed by atoms with van der Waals surface area (Å²) in [7, 11) is 0. The van der Waals surface area contributed by atoms with Crippen LogP contribution in [-0.4, -0.2) is 20.7 Å². The smallest absolute Gasteiger partial charge is 0.229 e. The van der Waals surface area contributed by atoms with Crippen molar-refractivity contribution in [1.29, 1.82) is 0 Å². The van der Waals surface area contributed by atoms with Gasteiger partial charge in [-0.1, -0.05) is 13.8 Å². The van der Waals surface area contributed by atoms with Crippen LogP contribution < -0.4 is 0 Å². The van der Waals surface area contributed by atoms with Gasteiger partial charge in [-0.2, -0.15) is 0 Å². The normalized spacial score (nSPS) is 14.7. The Labute approximate surface area is 140 Å². The van der Waals surface area contributed by atoms with Crippen LogP contribution in [0.15, 0.2) is 21.8 Å². The van der Waals surface area contributed by atoms with E-state index in [2.05, 4.69) is 29.9 Å². The molecule has 0 unspecified atom stereocenters. The van der Waals surface area contributed by atoms with Crippen LogP contribution in [0.1, 0.15) is 44.4 Å². The number of furan rings is 1. The molecule has 0 fully saturated rings. The maximum Gasteiger partial charge on any atom is 0.229 e. The Hall–Kier alpha value is -1.62. The first-order chi connectivity index (χ1) is 11.2. The molecule has 0 N–H and O–H groups in total. The first kappa shape index (κ1) is 14.9. The molecule has 0 atom stereocenters. The van der Waals surface area contributed by atoms with Gasteiger partial charge in [0, 0.05) is 5.69 Å². The summed E-state index contributed by atoms with van der Waals surface area (Å²) in [6.45, 7) is 4.48. The molecule has 0 radical (unpaired) electrons. The Morgan fingerprint density at radius 3 is 2.96 bits per heavy atom. The van der Waals surface area contributed by atoms with E-state index in [0.29, 0.717) is 11.6 Å². The Balaban J connectivity index is 1.78. The summed E-state index contributed by atoms with van der Waals surface area (Å²) in [5.41, 5.74) is 4.98. The zero-order valence-corrected chi connectivity index (χ0v) is 14.4. The fourth-order valence-corrected chi connectivity index (χ4v) is 4.27. The van der Waals surface area contributed by atoms with Crippen molar-refractivity contribution in [3.63, 3.8) is 0 Å². The van der Waals surface area contributed by atoms with Gasteiger partial charge >= 0.3 is 0 Å². The van der Waals surface area contributed by atoms with E-state index in [1.54, 1.807) is 18.1 Å². The summed E-state index contributed by atoms with van der Waals surface area (Å²) >= 11 is 1.75. The van der Waals surface area contributed by atoms with E-state index in [1.807, 2.05) is 0 Å². The van der Waals surface area contributed by atoms with Gasteiger partial charge in [-0.05, 0) is 55.4 Å². The molecule has 4 rings (SSSR count). The predicted octanol–water partition coefficient (Wildman–Crippen LogP) is 4.79. The van der Waals surface area contributed by atoms with Crippen LogP contribution in [-0.2, 0) is 12.8 Å². The zero-order chi connectivity index (χ0) is 15.8. The fraction of sp³-hybridized carbons (Fsp3) is 0.500. The molecular formula is C18H21N3OS. The molecule has 0 aromatic carbocycles. The molecular weight excluding hydrogens is 306 g/mol. The molecule has 120 valence electrons. The lowest BCUT2D eigenvalue weighted by Crippen LogP contribution is -2.04. The Kier molecular flexibility index (Phi) is 3.97. The highest BCUT2D eigenvalue weighted by Crippen LogP contribution is 2.34. The van der Waals surface area contributed by atoms with Crippen molar-refractivity contribution in [3.8, 4) is 0 Å². The molecule has 3 aromatic heterocycles. The van der Waals surface area contributed by atoms with Gasteiger partial charge in [0.25, 0.3) is 0 Å². The summed E-state index contributed by atoms with van der Waals surface area (Å²) in [4.78, 5) is 13.6. The summed E-state index contributed by atoms with van der Waals surface area (Å²) in [6.07, 6.45) is 7.47. The number of rotatable bonds is 4. The van der Waals surface area contributed by atoms with Crippen molar-refractivity contribution in [3.05, 3.63) is 23.7 Å². The Morgan fingerprint density at radius 1 is 1.22 bits per heavy atom. The van der Waals surface area contributed by atoms with Gasteiger partial charge in [-0.15, -0.1) is 11.8 Å². The molecule has 0 saturated carbocycles. The number of hydrogen-bond acceptors (Lipinski definition) is 5. The molecule has 3 aromatic rings. The Morgan fingerprint density at radius 2 is 2.09 bits per heavy atom. The summed E-state index contributed by atoms with van der Waals surface area (Å²) in [5.74, 6) is 1.74. The third-order valence-electron chi connectivity index (χ3n) is 4.42. The van der Waals surface area contributed by atoms with E-state index < -0.39 is 0 Å². The van der Waals surface area contributed by atoms with E-state index in [0.717, 1.165) is 40.1 Å². The summed E-state index contributed by atoms with van der Waals surface area (Å²) < 4.78 is 6.05. The first-order valence-corrected chi connectivity index (χ1v) is 9.39. The standard InChI is InChI=1S/C18H21N3OS/c1-11(2)7-8-23-18-16-15(19-10-20-18)13-9-12-5-3-4-6-14(12)21-17(13)22-16/h9-11H,3-8H2,1-2H3. The third kappa shape index (κ3) is 2.82. The molecule has 1 aliphatic rings. The molecule has 23 heavy (non-hydrogen) atoms. The topological polar surface area (TPSA) is 51.8 Å². The van der Waals surface area contributed by atoms with Crippen LogP contribution in [0.3, 0.4) is 0 Å². The fourth-order valence-electron chi connectivity index (χ4n) is 3.09. The van der Waals surface area contributed by atoms with Gasteiger partial charge in [-0.25, -0.2) is 15.0 Å². The quantitative estimate of drug-likeness (QED) is 0.509. The number of nitrogens with zero attached hydrogens (tertiary/aromatic N) is 3. The number of pyridine rings is 1. The lowest BCUT2D eigenvalue weighted by molar-refractivity contribution is 0.622. The van der Waals surface area contributed by atoms with Gasteiger partial charge in [0.2, 0.25) is 5.71 Å². The average molecular weight is 327 g/mol. The second kappa shape index (κ2) is 6.11. The van der Waals surface area contributed by atoms with Crippen LogP contribution in [0, 0.1) is 5.92 Å². The van der Waals surface area contributed by atoms with Gasteiger partial charge in [0.15, 0.2) is 5.58 Å². The van der Waals surface area contributed by atoms with E-state index in [-0.39, 0.29) is 0 Å². The second-order valence-corrected chi connectivity index (χ2v) is 7.73. The van der Waals surface area contributed by atoms with Crippen LogP contribution in [0.5, 0.6) is 0 Å². The lowest BCUT2D eigenvalue weighted by atomic mass is 9.95. The van der Waals surface area contributed by atoms with Gasteiger partial charge in [-0.3, -0.25) is 0 Å². The van der Waals surface area contributed by atoms with Gasteiger partial charge in [0.1, 0.15) is 16.9 Å². The molecule has 1 aliphatic carbocycles. The van der Waals surface area contributed by atoms with Crippen molar-refractivity contribution in [2.45, 2.75) is 51.0 Å². The van der Waals surface area contributed by atoms with Gasteiger partial charge in [0.05, 0.1) is 5.39 Å². The predicted molar refractivity (Wildman–Crippen MR) is 93.9 cm³/mol. The minimum absolute atomic E-state index is 0.698. The van der Waals surface area contributed by atoms with E-state index in [4.69, 9.17) is 9.40 Å². The minimum atomic E-state index is 0.698. The number of aryl methyl sites for hydroxylation is 2. The summed E-state index contributed by atoms with van der Waals surface area (Å²) in [5, 5.41) is 1.97. The van der Waals surface area contributed by atoms with Crippen LogP contribution in [0.4, 0.5) is 0 Å². The molecule has 4 nitrogen and oxygen atoms in total. The molecule has 0 bridgehead atoms. The van der Waals surface area contributed by atoms with Crippen LogP contribution in [0.2, 0.25) is 0 Å². The first-order valence-electron chi connectivity index (χ1n) is 8.41. The molecule has 5 heteroatoms. The summed E-state index contributed by atoms with van der Waals surface area (Å²) in [6, 6.07) is 2.23. The van der Waals surface area contributed by atoms with Crippen LogP contribution >= 0.6 is 11.8 Å². The van der Waals surface area contributed by atoms with E-state index >= 15 is 0 Å². The number of fused-ring (bicyclic) bond motifs is 4. The third-order valence-corrected chi connectivity index (χ3v) is 5.43. The van der Waals surface area contributed by atoms with Gasteiger partial charge < -0.3 is 4.42 Å². The monoisotopic (exact) mass is 327 g/mol. The zero-order valence-electron chi connectivity index (χ0n) is 13.6. The van der Waals surface area contributed by atoms with E-state index in [9.17, 15) is 0 Å². The van der Waals surface area contributed by atoms with Crippen molar-refractivity contribution in [2.24, 2.45) is 5.92 Å². The largest absolute Gasteiger partial charge is 0.433 e. The highest BCUT2D eigenvalue weighted by molar-refractivity contribution is 7.99. The lowest BCUT2D eigenvalue weighted by Gasteiger charge is -2.13. The average Bonchev–Trinajstić information content (AvgIpc) is 2.91. The highest BCUT2D eigenvalue weighted by atomic mass is 32.2. The van der Waals surface area contributed by atoms with Crippen LogP contribution in [0.25, 0.3) is 22.2 Å². The van der Waals surface area contributed by atoms with Crippen molar-refractivity contribution >= 4 is 34.0 Å². The number of hydrogen-bond donors (Lipinski definition) is 0. The molecule has 3 heterocycles. The number of thioether (sulfide) groups is 1. The highest BCUT2D eigenvalue weighted by Gasteiger charge is 2.18. The molecule has 0 spiro atoms. The number of aromatic nitrogens is 3. The SMILES string of the molecule is CC(C)CCSc1ncnc2c1oc1nc3c(cc12)CCCC3.